The Morgan fingerprint density at radius 2 is 2.05 bits per heavy atom. The Morgan fingerprint density at radius 1 is 1.37 bits per heavy atom. The zero-order valence-electron chi connectivity index (χ0n) is 10.5. The van der Waals surface area contributed by atoms with Gasteiger partial charge < -0.3 is 10.4 Å². The number of amides is 1. The molecule has 1 atom stereocenters. The molecule has 1 rings (SSSR count). The first kappa shape index (κ1) is 15.1. The molecule has 4 nitrogen and oxygen atoms in total. The highest BCUT2D eigenvalue weighted by Crippen LogP contribution is 2.10. The quantitative estimate of drug-likeness (QED) is 0.830. The number of hydrogen-bond donors (Lipinski definition) is 2. The lowest BCUT2D eigenvalue weighted by Gasteiger charge is -2.13. The first-order valence-corrected chi connectivity index (χ1v) is 5.90. The van der Waals surface area contributed by atoms with Crippen molar-refractivity contribution in [2.45, 2.75) is 32.2 Å². The number of halogens is 2. The minimum absolute atomic E-state index is 0.0989. The van der Waals surface area contributed by atoms with E-state index in [-0.39, 0.29) is 12.0 Å². The summed E-state index contributed by atoms with van der Waals surface area (Å²) in [4.78, 5) is 22.5. The number of hydrogen-bond acceptors (Lipinski definition) is 2. The number of aliphatic carboxylic acids is 1. The van der Waals surface area contributed by atoms with Gasteiger partial charge >= 0.3 is 5.97 Å². The standard InChI is InChI=1S/C13H15F2NO3/c1-2-3-11(13(18)19)16-12(17)7-8-6-9(14)4-5-10(8)15/h4-6,11H,2-3,7H2,1H3,(H,16,17)(H,18,19). The minimum Gasteiger partial charge on any atom is -0.480 e. The van der Waals surface area contributed by atoms with E-state index in [9.17, 15) is 18.4 Å². The molecule has 0 aliphatic carbocycles. The van der Waals surface area contributed by atoms with Crippen molar-refractivity contribution >= 4 is 11.9 Å². The molecule has 0 radical (unpaired) electrons. The third-order valence-electron chi connectivity index (χ3n) is 2.57. The Labute approximate surface area is 109 Å². The second-order valence-electron chi connectivity index (χ2n) is 4.16. The van der Waals surface area contributed by atoms with Gasteiger partial charge in [-0.05, 0) is 24.6 Å². The van der Waals surface area contributed by atoms with Crippen molar-refractivity contribution < 1.29 is 23.5 Å². The fourth-order valence-electron chi connectivity index (χ4n) is 1.64. The summed E-state index contributed by atoms with van der Waals surface area (Å²) in [6.45, 7) is 1.79. The number of carboxylic acid groups (broad SMARTS) is 1. The molecule has 1 aromatic carbocycles. The van der Waals surface area contributed by atoms with Gasteiger partial charge in [0.15, 0.2) is 0 Å². The molecule has 0 aliphatic heterocycles. The Balaban J connectivity index is 2.68. The van der Waals surface area contributed by atoms with Crippen LogP contribution in [0.3, 0.4) is 0 Å². The third kappa shape index (κ3) is 4.65. The van der Waals surface area contributed by atoms with Crippen LogP contribution in [0.15, 0.2) is 18.2 Å². The predicted octanol–water partition coefficient (Wildman–Crippen LogP) is 1.88. The van der Waals surface area contributed by atoms with Gasteiger partial charge in [-0.25, -0.2) is 13.6 Å². The van der Waals surface area contributed by atoms with E-state index in [1.165, 1.54) is 0 Å². The average Bonchev–Trinajstić information content (AvgIpc) is 2.33. The molecule has 1 amide bonds. The van der Waals surface area contributed by atoms with E-state index in [0.717, 1.165) is 18.2 Å². The summed E-state index contributed by atoms with van der Waals surface area (Å²) in [5.41, 5.74) is -0.0989. The molecule has 1 aromatic rings. The topological polar surface area (TPSA) is 66.4 Å². The van der Waals surface area contributed by atoms with Crippen molar-refractivity contribution in [3.63, 3.8) is 0 Å². The summed E-state index contributed by atoms with van der Waals surface area (Å²) in [7, 11) is 0. The second-order valence-corrected chi connectivity index (χ2v) is 4.16. The van der Waals surface area contributed by atoms with E-state index in [4.69, 9.17) is 5.11 Å². The molecule has 0 spiro atoms. The van der Waals surface area contributed by atoms with Crippen molar-refractivity contribution in [2.24, 2.45) is 0 Å². The van der Waals surface area contributed by atoms with Crippen LogP contribution < -0.4 is 5.32 Å². The summed E-state index contributed by atoms with van der Waals surface area (Å²) in [6.07, 6.45) is 0.482. The van der Waals surface area contributed by atoms with Crippen LogP contribution in [-0.2, 0) is 16.0 Å². The van der Waals surface area contributed by atoms with Crippen LogP contribution in [0.5, 0.6) is 0 Å². The fraction of sp³-hybridized carbons (Fsp3) is 0.385. The van der Waals surface area contributed by atoms with Gasteiger partial charge in [-0.15, -0.1) is 0 Å². The SMILES string of the molecule is CCCC(NC(=O)Cc1cc(F)ccc1F)C(=O)O. The van der Waals surface area contributed by atoms with Crippen LogP contribution in [-0.4, -0.2) is 23.0 Å². The summed E-state index contributed by atoms with van der Waals surface area (Å²) in [5.74, 6) is -3.13. The van der Waals surface area contributed by atoms with Crippen LogP contribution in [0.1, 0.15) is 25.3 Å². The van der Waals surface area contributed by atoms with Gasteiger partial charge in [-0.1, -0.05) is 13.3 Å². The number of rotatable bonds is 6. The van der Waals surface area contributed by atoms with Crippen molar-refractivity contribution in [2.75, 3.05) is 0 Å². The molecular formula is C13H15F2NO3. The van der Waals surface area contributed by atoms with Gasteiger partial charge in [0.2, 0.25) is 5.91 Å². The van der Waals surface area contributed by atoms with Crippen LogP contribution in [0.2, 0.25) is 0 Å². The average molecular weight is 271 g/mol. The van der Waals surface area contributed by atoms with Gasteiger partial charge in [-0.3, -0.25) is 4.79 Å². The molecule has 0 fully saturated rings. The first-order chi connectivity index (χ1) is 8.93. The van der Waals surface area contributed by atoms with Crippen molar-refractivity contribution in [1.29, 1.82) is 0 Å². The third-order valence-corrected chi connectivity index (χ3v) is 2.57. The Hall–Kier alpha value is -1.98. The van der Waals surface area contributed by atoms with E-state index in [2.05, 4.69) is 5.32 Å². The van der Waals surface area contributed by atoms with Crippen LogP contribution in [0.25, 0.3) is 0 Å². The molecule has 0 aliphatic rings. The molecule has 0 heterocycles. The second kappa shape index (κ2) is 6.82. The van der Waals surface area contributed by atoms with Crippen LogP contribution >= 0.6 is 0 Å². The van der Waals surface area contributed by atoms with Crippen molar-refractivity contribution in [3.8, 4) is 0 Å². The lowest BCUT2D eigenvalue weighted by atomic mass is 10.1. The zero-order valence-corrected chi connectivity index (χ0v) is 10.5. The highest BCUT2D eigenvalue weighted by atomic mass is 19.1. The molecule has 0 aromatic heterocycles. The monoisotopic (exact) mass is 271 g/mol. The van der Waals surface area contributed by atoms with Gasteiger partial charge in [0.05, 0.1) is 6.42 Å². The highest BCUT2D eigenvalue weighted by molar-refractivity contribution is 5.84. The highest BCUT2D eigenvalue weighted by Gasteiger charge is 2.19. The number of carbonyl (C=O) groups is 2. The molecular weight excluding hydrogens is 256 g/mol. The van der Waals surface area contributed by atoms with E-state index >= 15 is 0 Å². The van der Waals surface area contributed by atoms with Crippen molar-refractivity contribution in [3.05, 3.63) is 35.4 Å². The first-order valence-electron chi connectivity index (χ1n) is 5.90. The zero-order chi connectivity index (χ0) is 14.4. The molecule has 1 unspecified atom stereocenters. The van der Waals surface area contributed by atoms with E-state index in [1.54, 1.807) is 6.92 Å². The summed E-state index contributed by atoms with van der Waals surface area (Å²) in [5, 5.41) is 11.2. The maximum Gasteiger partial charge on any atom is 0.326 e. The van der Waals surface area contributed by atoms with Gasteiger partial charge in [0.1, 0.15) is 17.7 Å². The summed E-state index contributed by atoms with van der Waals surface area (Å²) < 4.78 is 26.2. The maximum absolute atomic E-state index is 13.3. The van der Waals surface area contributed by atoms with Crippen LogP contribution in [0.4, 0.5) is 8.78 Å². The number of benzene rings is 1. The van der Waals surface area contributed by atoms with E-state index in [0.29, 0.717) is 6.42 Å². The summed E-state index contributed by atoms with van der Waals surface area (Å²) in [6, 6.07) is 1.80. The number of nitrogens with one attached hydrogen (secondary N) is 1. The Kier molecular flexibility index (Phi) is 5.41. The molecule has 19 heavy (non-hydrogen) atoms. The van der Waals surface area contributed by atoms with Gasteiger partial charge in [0, 0.05) is 5.56 Å². The minimum atomic E-state index is -1.14. The normalized spacial score (nSPS) is 11.9. The molecule has 6 heteroatoms. The van der Waals surface area contributed by atoms with Gasteiger partial charge in [0.25, 0.3) is 0 Å². The van der Waals surface area contributed by atoms with Gasteiger partial charge in [-0.2, -0.15) is 0 Å². The van der Waals surface area contributed by atoms with E-state index < -0.39 is 36.0 Å². The molecule has 104 valence electrons. The maximum atomic E-state index is 13.3. The number of carboxylic acids is 1. The van der Waals surface area contributed by atoms with Crippen LogP contribution in [0, 0.1) is 11.6 Å². The molecule has 0 saturated heterocycles. The lowest BCUT2D eigenvalue weighted by molar-refractivity contribution is -0.141. The largest absolute Gasteiger partial charge is 0.480 e. The lowest BCUT2D eigenvalue weighted by Crippen LogP contribution is -2.41. The fourth-order valence-corrected chi connectivity index (χ4v) is 1.64. The predicted molar refractivity (Wildman–Crippen MR) is 64.5 cm³/mol. The van der Waals surface area contributed by atoms with E-state index in [1.807, 2.05) is 0 Å². The smallest absolute Gasteiger partial charge is 0.326 e. The molecule has 2 N–H and O–H groups in total. The number of carbonyl (C=O) groups excluding carboxylic acids is 1. The van der Waals surface area contributed by atoms with Crippen molar-refractivity contribution in [1.82, 2.24) is 5.32 Å². The molecule has 0 bridgehead atoms. The summed E-state index contributed by atoms with van der Waals surface area (Å²) >= 11 is 0. The Morgan fingerprint density at radius 3 is 2.63 bits per heavy atom. The molecule has 0 saturated carbocycles. The Bertz CT molecular complexity index is 477.